The van der Waals surface area contributed by atoms with Gasteiger partial charge in [-0.15, -0.1) is 0 Å². The summed E-state index contributed by atoms with van der Waals surface area (Å²) in [4.78, 5) is 9.21. The lowest BCUT2D eigenvalue weighted by Gasteiger charge is -2.18. The van der Waals surface area contributed by atoms with Gasteiger partial charge in [-0.3, -0.25) is 0 Å². The van der Waals surface area contributed by atoms with E-state index in [4.69, 9.17) is 39.8 Å². The number of hydrogen-bond acceptors (Lipinski definition) is 6. The molecule has 0 fully saturated rings. The molecule has 0 radical (unpaired) electrons. The first-order valence-corrected chi connectivity index (χ1v) is 9.87. The Morgan fingerprint density at radius 1 is 1.19 bits per heavy atom. The Morgan fingerprint density at radius 2 is 1.81 bits per heavy atom. The molecule has 0 aliphatic heterocycles. The molecule has 8 heteroatoms. The zero-order valence-electron chi connectivity index (χ0n) is 15.5. The number of benzene rings is 1. The molecule has 5 nitrogen and oxygen atoms in total. The minimum absolute atomic E-state index is 0.0833. The van der Waals surface area contributed by atoms with Crippen LogP contribution in [0.1, 0.15) is 45.0 Å². The highest BCUT2D eigenvalue weighted by Crippen LogP contribution is 2.37. The van der Waals surface area contributed by atoms with Gasteiger partial charge >= 0.3 is 0 Å². The highest BCUT2D eigenvalue weighted by molar-refractivity contribution is 7.99. The van der Waals surface area contributed by atoms with Crippen LogP contribution in [0.5, 0.6) is 0 Å². The number of rotatable bonds is 5. The Labute approximate surface area is 169 Å². The second-order valence-corrected chi connectivity index (χ2v) is 7.94. The molecule has 26 heavy (non-hydrogen) atoms. The predicted octanol–water partition coefficient (Wildman–Crippen LogP) is 4.84. The van der Waals surface area contributed by atoms with E-state index in [1.807, 2.05) is 12.1 Å². The first kappa shape index (κ1) is 23.0. The summed E-state index contributed by atoms with van der Waals surface area (Å²) >= 11 is 13.4. The second kappa shape index (κ2) is 10.3. The summed E-state index contributed by atoms with van der Waals surface area (Å²) in [6, 6.07) is 5.37. The average Bonchev–Trinajstić information content (AvgIpc) is 2.61. The van der Waals surface area contributed by atoms with Crippen molar-refractivity contribution in [2.24, 2.45) is 5.73 Å². The fourth-order valence-electron chi connectivity index (χ4n) is 1.68. The molecule has 0 amide bonds. The first-order valence-electron chi connectivity index (χ1n) is 8.29. The maximum Gasteiger partial charge on any atom is 0.147 e. The fourth-order valence-corrected chi connectivity index (χ4v) is 3.06. The van der Waals surface area contributed by atoms with Gasteiger partial charge in [0, 0.05) is 10.4 Å². The molecule has 2 rings (SSSR count). The van der Waals surface area contributed by atoms with Crippen LogP contribution >= 0.6 is 35.0 Å². The van der Waals surface area contributed by atoms with Crippen LogP contribution in [0.2, 0.25) is 10.0 Å². The average molecular weight is 417 g/mol. The molecular weight excluding hydrogens is 391 g/mol. The number of hydrogen-bond donors (Lipinski definition) is 3. The zero-order valence-corrected chi connectivity index (χ0v) is 17.8. The Balaban J connectivity index is 0.000000412. The van der Waals surface area contributed by atoms with Crippen molar-refractivity contribution in [2.45, 2.75) is 62.6 Å². The van der Waals surface area contributed by atoms with Crippen molar-refractivity contribution in [1.82, 2.24) is 9.97 Å². The van der Waals surface area contributed by atoms with Gasteiger partial charge in [-0.1, -0.05) is 54.9 Å². The van der Waals surface area contributed by atoms with E-state index in [1.54, 1.807) is 13.0 Å². The van der Waals surface area contributed by atoms with E-state index in [1.165, 1.54) is 11.8 Å². The third kappa shape index (κ3) is 6.59. The van der Waals surface area contributed by atoms with E-state index in [0.717, 1.165) is 17.7 Å². The molecule has 0 spiro atoms. The van der Waals surface area contributed by atoms with Gasteiger partial charge in [0.15, 0.2) is 0 Å². The standard InChI is InChI=1S/C12H11Cl2N3OS.C6H15N/c1-6-12(17-8(5-18)11(15)16-6)19-9-4-2-3-7(13)10(9)14;1-4-6(3,7)5-2/h2-4,18H,5H2,1H3,(H2,15,16);4-5,7H2,1-3H3. The number of aromatic nitrogens is 2. The highest BCUT2D eigenvalue weighted by atomic mass is 35.5. The van der Waals surface area contributed by atoms with Crippen molar-refractivity contribution in [1.29, 1.82) is 0 Å². The van der Waals surface area contributed by atoms with Crippen LogP contribution in [0.4, 0.5) is 5.82 Å². The number of nitrogens with two attached hydrogens (primary N) is 2. The molecule has 0 saturated carbocycles. The topological polar surface area (TPSA) is 98.0 Å². The third-order valence-electron chi connectivity index (χ3n) is 4.02. The Kier molecular flexibility index (Phi) is 9.13. The number of halogens is 2. The van der Waals surface area contributed by atoms with Crippen molar-refractivity contribution in [3.8, 4) is 0 Å². The quantitative estimate of drug-likeness (QED) is 0.644. The predicted molar refractivity (Wildman–Crippen MR) is 111 cm³/mol. The monoisotopic (exact) mass is 416 g/mol. The summed E-state index contributed by atoms with van der Waals surface area (Å²) in [5.74, 6) is 0.238. The Hall–Kier alpha value is -1.05. The van der Waals surface area contributed by atoms with Crippen LogP contribution in [0, 0.1) is 6.92 Å². The van der Waals surface area contributed by atoms with Gasteiger partial charge in [0.25, 0.3) is 0 Å². The maximum absolute atomic E-state index is 9.16. The molecule has 0 atom stereocenters. The largest absolute Gasteiger partial charge is 0.390 e. The van der Waals surface area contributed by atoms with Crippen molar-refractivity contribution in [3.63, 3.8) is 0 Å². The van der Waals surface area contributed by atoms with Gasteiger partial charge in [-0.2, -0.15) is 0 Å². The molecule has 2 aromatic rings. The van der Waals surface area contributed by atoms with Crippen LogP contribution in [0.25, 0.3) is 0 Å². The smallest absolute Gasteiger partial charge is 0.147 e. The normalized spacial score (nSPS) is 11.1. The van der Waals surface area contributed by atoms with Crippen molar-refractivity contribution >= 4 is 40.8 Å². The number of aliphatic hydroxyl groups is 1. The minimum Gasteiger partial charge on any atom is -0.390 e. The third-order valence-corrected chi connectivity index (χ3v) is 6.09. The van der Waals surface area contributed by atoms with Crippen molar-refractivity contribution in [3.05, 3.63) is 39.6 Å². The lowest BCUT2D eigenvalue weighted by molar-refractivity contribution is 0.276. The van der Waals surface area contributed by atoms with Gasteiger partial charge in [0.1, 0.15) is 16.5 Å². The van der Waals surface area contributed by atoms with E-state index in [-0.39, 0.29) is 18.0 Å². The zero-order chi connectivity index (χ0) is 19.9. The van der Waals surface area contributed by atoms with Crippen LogP contribution in [0.3, 0.4) is 0 Å². The summed E-state index contributed by atoms with van der Waals surface area (Å²) in [5, 5.41) is 10.8. The van der Waals surface area contributed by atoms with E-state index in [9.17, 15) is 0 Å². The lowest BCUT2D eigenvalue weighted by atomic mass is 9.98. The molecule has 0 saturated heterocycles. The van der Waals surface area contributed by atoms with Gasteiger partial charge in [0.05, 0.1) is 22.3 Å². The van der Waals surface area contributed by atoms with Crippen LogP contribution in [-0.2, 0) is 6.61 Å². The molecule has 0 unspecified atom stereocenters. The number of nitrogen functional groups attached to an aromatic ring is 1. The molecule has 5 N–H and O–H groups in total. The number of anilines is 1. The van der Waals surface area contributed by atoms with Crippen LogP contribution in [-0.4, -0.2) is 20.6 Å². The minimum atomic E-state index is -0.254. The van der Waals surface area contributed by atoms with Gasteiger partial charge < -0.3 is 16.6 Å². The maximum atomic E-state index is 9.16. The molecular formula is C18H26Cl2N4OS. The molecule has 1 aromatic carbocycles. The van der Waals surface area contributed by atoms with E-state index < -0.39 is 0 Å². The Bertz CT molecular complexity index is 735. The van der Waals surface area contributed by atoms with E-state index in [2.05, 4.69) is 30.7 Å². The fraction of sp³-hybridized carbons (Fsp3) is 0.444. The van der Waals surface area contributed by atoms with Crippen molar-refractivity contribution in [2.75, 3.05) is 5.73 Å². The number of aryl methyl sites for hydroxylation is 1. The molecule has 144 valence electrons. The Morgan fingerprint density at radius 3 is 2.31 bits per heavy atom. The SMILES string of the molecule is CCC(C)(N)CC.Cc1nc(N)c(CO)nc1Sc1cccc(Cl)c1Cl. The molecule has 0 aliphatic carbocycles. The summed E-state index contributed by atoms with van der Waals surface area (Å²) in [6.45, 7) is 7.85. The van der Waals surface area contributed by atoms with E-state index in [0.29, 0.717) is 26.5 Å². The molecule has 0 bridgehead atoms. The molecule has 1 heterocycles. The summed E-state index contributed by atoms with van der Waals surface area (Å²) in [7, 11) is 0. The summed E-state index contributed by atoms with van der Waals surface area (Å²) in [5.41, 5.74) is 12.5. The van der Waals surface area contributed by atoms with Gasteiger partial charge in [0.2, 0.25) is 0 Å². The van der Waals surface area contributed by atoms with Crippen LogP contribution in [0.15, 0.2) is 28.1 Å². The molecule has 1 aromatic heterocycles. The number of aliphatic hydroxyl groups excluding tert-OH is 1. The summed E-state index contributed by atoms with van der Waals surface area (Å²) < 4.78 is 0. The second-order valence-electron chi connectivity index (χ2n) is 6.12. The summed E-state index contributed by atoms with van der Waals surface area (Å²) in [6.07, 6.45) is 2.15. The van der Waals surface area contributed by atoms with Gasteiger partial charge in [-0.25, -0.2) is 9.97 Å². The molecule has 0 aliphatic rings. The van der Waals surface area contributed by atoms with Crippen molar-refractivity contribution < 1.29 is 5.11 Å². The number of nitrogens with zero attached hydrogens (tertiary/aromatic N) is 2. The first-order chi connectivity index (χ1) is 12.1. The van der Waals surface area contributed by atoms with Gasteiger partial charge in [-0.05, 0) is 38.8 Å². The highest BCUT2D eigenvalue weighted by Gasteiger charge is 2.13. The van der Waals surface area contributed by atoms with Crippen LogP contribution < -0.4 is 11.5 Å². The van der Waals surface area contributed by atoms with E-state index >= 15 is 0 Å². The lowest BCUT2D eigenvalue weighted by Crippen LogP contribution is -2.33.